The molecule has 0 saturated carbocycles. The van der Waals surface area contributed by atoms with Gasteiger partial charge in [0.05, 0.1) is 12.7 Å². The predicted molar refractivity (Wildman–Crippen MR) is 60.3 cm³/mol. The lowest BCUT2D eigenvalue weighted by Crippen LogP contribution is -2.14. The van der Waals surface area contributed by atoms with E-state index in [2.05, 4.69) is 22.0 Å². The number of rotatable bonds is 5. The highest BCUT2D eigenvalue weighted by Crippen LogP contribution is 2.17. The lowest BCUT2D eigenvalue weighted by molar-refractivity contribution is 0.0595. The summed E-state index contributed by atoms with van der Waals surface area (Å²) in [5.74, 6) is 0. The van der Waals surface area contributed by atoms with E-state index in [1.165, 1.54) is 5.56 Å². The second-order valence-electron chi connectivity index (χ2n) is 3.24. The molecule has 78 valence electrons. The molecule has 1 atom stereocenters. The Morgan fingerprint density at radius 1 is 1.43 bits per heavy atom. The molecule has 1 rings (SSSR count). The molecule has 0 aliphatic carbocycles. The Balaban J connectivity index is 2.41. The Morgan fingerprint density at radius 3 is 2.79 bits per heavy atom. The quantitative estimate of drug-likeness (QED) is 0.879. The van der Waals surface area contributed by atoms with Crippen molar-refractivity contribution in [2.45, 2.75) is 18.9 Å². The molecular weight excluding hydrogens is 244 g/mol. The topological polar surface area (TPSA) is 29.5 Å². The molecule has 0 spiro atoms. The minimum absolute atomic E-state index is 0.368. The van der Waals surface area contributed by atoms with Crippen LogP contribution < -0.4 is 0 Å². The maximum Gasteiger partial charge on any atom is 0.0776 e. The van der Waals surface area contributed by atoms with E-state index in [0.717, 1.165) is 17.3 Å². The third-order valence-electron chi connectivity index (χ3n) is 2.06. The van der Waals surface area contributed by atoms with Crippen molar-refractivity contribution in [1.82, 2.24) is 0 Å². The molecule has 1 unspecified atom stereocenters. The summed E-state index contributed by atoms with van der Waals surface area (Å²) in [6, 6.07) is 8.06. The van der Waals surface area contributed by atoms with Gasteiger partial charge < -0.3 is 9.84 Å². The van der Waals surface area contributed by atoms with Crippen LogP contribution in [-0.2, 0) is 11.2 Å². The molecule has 1 N–H and O–H groups in total. The Hall–Kier alpha value is -0.380. The molecule has 0 fully saturated rings. The van der Waals surface area contributed by atoms with Gasteiger partial charge in [0, 0.05) is 11.6 Å². The van der Waals surface area contributed by atoms with Gasteiger partial charge in [-0.15, -0.1) is 0 Å². The summed E-state index contributed by atoms with van der Waals surface area (Å²) in [5, 5.41) is 9.46. The van der Waals surface area contributed by atoms with Gasteiger partial charge >= 0.3 is 0 Å². The summed E-state index contributed by atoms with van der Waals surface area (Å²) in [7, 11) is 1.60. The molecule has 14 heavy (non-hydrogen) atoms. The summed E-state index contributed by atoms with van der Waals surface area (Å²) >= 11 is 3.47. The molecule has 2 nitrogen and oxygen atoms in total. The Labute approximate surface area is 93.0 Å². The second kappa shape index (κ2) is 6.17. The zero-order valence-electron chi connectivity index (χ0n) is 8.24. The van der Waals surface area contributed by atoms with Crippen molar-refractivity contribution in [3.05, 3.63) is 34.3 Å². The average Bonchev–Trinajstić information content (AvgIpc) is 2.17. The van der Waals surface area contributed by atoms with Crippen molar-refractivity contribution in [3.63, 3.8) is 0 Å². The Kier molecular flexibility index (Phi) is 5.15. The maximum atomic E-state index is 9.46. The van der Waals surface area contributed by atoms with Crippen molar-refractivity contribution < 1.29 is 9.84 Å². The van der Waals surface area contributed by atoms with Crippen LogP contribution in [0.5, 0.6) is 0 Å². The first-order chi connectivity index (χ1) is 6.74. The van der Waals surface area contributed by atoms with Crippen LogP contribution in [0.4, 0.5) is 0 Å². The number of hydrogen-bond donors (Lipinski definition) is 1. The standard InChI is InChI=1S/C11H15BrO2/c1-14-8-10(13)7-6-9-4-2-3-5-11(9)12/h2-5,10,13H,6-8H2,1H3. The first-order valence-corrected chi connectivity index (χ1v) is 5.43. The molecule has 0 bridgehead atoms. The highest BCUT2D eigenvalue weighted by Gasteiger charge is 2.05. The number of benzene rings is 1. The van der Waals surface area contributed by atoms with Crippen LogP contribution >= 0.6 is 15.9 Å². The molecular formula is C11H15BrO2. The first-order valence-electron chi connectivity index (χ1n) is 4.64. The number of halogens is 1. The molecule has 0 radical (unpaired) electrons. The SMILES string of the molecule is COCC(O)CCc1ccccc1Br. The van der Waals surface area contributed by atoms with E-state index in [9.17, 15) is 5.11 Å². The number of methoxy groups -OCH3 is 1. The van der Waals surface area contributed by atoms with Gasteiger partial charge in [-0.25, -0.2) is 0 Å². The second-order valence-corrected chi connectivity index (χ2v) is 4.09. The number of hydrogen-bond acceptors (Lipinski definition) is 2. The fourth-order valence-corrected chi connectivity index (χ4v) is 1.78. The van der Waals surface area contributed by atoms with E-state index >= 15 is 0 Å². The third kappa shape index (κ3) is 3.78. The van der Waals surface area contributed by atoms with Gasteiger partial charge in [0.25, 0.3) is 0 Å². The maximum absolute atomic E-state index is 9.46. The van der Waals surface area contributed by atoms with Crippen LogP contribution in [0.3, 0.4) is 0 Å². The molecule has 3 heteroatoms. The van der Waals surface area contributed by atoms with Crippen molar-refractivity contribution in [3.8, 4) is 0 Å². The lowest BCUT2D eigenvalue weighted by atomic mass is 10.1. The fraction of sp³-hybridized carbons (Fsp3) is 0.455. The van der Waals surface area contributed by atoms with Crippen molar-refractivity contribution in [2.75, 3.05) is 13.7 Å². The van der Waals surface area contributed by atoms with E-state index in [1.807, 2.05) is 18.2 Å². The van der Waals surface area contributed by atoms with Gasteiger partial charge in [0.1, 0.15) is 0 Å². The highest BCUT2D eigenvalue weighted by molar-refractivity contribution is 9.10. The summed E-state index contributed by atoms with van der Waals surface area (Å²) in [4.78, 5) is 0. The fourth-order valence-electron chi connectivity index (χ4n) is 1.30. The van der Waals surface area contributed by atoms with Gasteiger partial charge in [0.2, 0.25) is 0 Å². The minimum atomic E-state index is -0.368. The van der Waals surface area contributed by atoms with E-state index in [-0.39, 0.29) is 6.10 Å². The van der Waals surface area contributed by atoms with Crippen LogP contribution in [0.2, 0.25) is 0 Å². The number of aliphatic hydroxyl groups excluding tert-OH is 1. The summed E-state index contributed by atoms with van der Waals surface area (Å²) in [6.45, 7) is 0.407. The first kappa shape index (κ1) is 11.7. The van der Waals surface area contributed by atoms with Crippen LogP contribution in [0, 0.1) is 0 Å². The molecule has 1 aromatic carbocycles. The molecule has 0 aromatic heterocycles. The molecule has 0 heterocycles. The molecule has 1 aromatic rings. The van der Waals surface area contributed by atoms with Gasteiger partial charge in [-0.05, 0) is 24.5 Å². The third-order valence-corrected chi connectivity index (χ3v) is 2.84. The van der Waals surface area contributed by atoms with E-state index in [0.29, 0.717) is 6.61 Å². The molecule has 0 saturated heterocycles. The molecule has 0 amide bonds. The predicted octanol–water partition coefficient (Wildman–Crippen LogP) is 2.39. The molecule has 0 aliphatic heterocycles. The van der Waals surface area contributed by atoms with Crippen LogP contribution in [-0.4, -0.2) is 24.9 Å². The Morgan fingerprint density at radius 2 is 2.14 bits per heavy atom. The lowest BCUT2D eigenvalue weighted by Gasteiger charge is -2.09. The summed E-state index contributed by atoms with van der Waals surface area (Å²) in [6.07, 6.45) is 1.23. The van der Waals surface area contributed by atoms with Crippen molar-refractivity contribution >= 4 is 15.9 Å². The van der Waals surface area contributed by atoms with Crippen molar-refractivity contribution in [2.24, 2.45) is 0 Å². The van der Waals surface area contributed by atoms with Gasteiger partial charge in [0.15, 0.2) is 0 Å². The summed E-state index contributed by atoms with van der Waals surface area (Å²) in [5.41, 5.74) is 1.22. The number of aliphatic hydroxyl groups is 1. The van der Waals surface area contributed by atoms with Crippen molar-refractivity contribution in [1.29, 1.82) is 0 Å². The zero-order chi connectivity index (χ0) is 10.4. The summed E-state index contributed by atoms with van der Waals surface area (Å²) < 4.78 is 5.96. The zero-order valence-corrected chi connectivity index (χ0v) is 9.83. The van der Waals surface area contributed by atoms with E-state index in [1.54, 1.807) is 7.11 Å². The van der Waals surface area contributed by atoms with Crippen LogP contribution in [0.25, 0.3) is 0 Å². The average molecular weight is 259 g/mol. The van der Waals surface area contributed by atoms with E-state index in [4.69, 9.17) is 4.74 Å². The van der Waals surface area contributed by atoms with Gasteiger partial charge in [-0.1, -0.05) is 34.1 Å². The van der Waals surface area contributed by atoms with Crippen LogP contribution in [0.15, 0.2) is 28.7 Å². The normalized spacial score (nSPS) is 12.8. The Bertz CT molecular complexity index is 276. The highest BCUT2D eigenvalue weighted by atomic mass is 79.9. The number of ether oxygens (including phenoxy) is 1. The van der Waals surface area contributed by atoms with E-state index < -0.39 is 0 Å². The van der Waals surface area contributed by atoms with Gasteiger partial charge in [-0.2, -0.15) is 0 Å². The van der Waals surface area contributed by atoms with Crippen LogP contribution in [0.1, 0.15) is 12.0 Å². The van der Waals surface area contributed by atoms with Gasteiger partial charge in [-0.3, -0.25) is 0 Å². The molecule has 0 aliphatic rings. The monoisotopic (exact) mass is 258 g/mol. The largest absolute Gasteiger partial charge is 0.391 e. The number of aryl methyl sites for hydroxylation is 1. The minimum Gasteiger partial charge on any atom is -0.391 e. The smallest absolute Gasteiger partial charge is 0.0776 e.